The zero-order valence-corrected chi connectivity index (χ0v) is 18.3. The van der Waals surface area contributed by atoms with Crippen molar-refractivity contribution in [3.05, 3.63) is 95.7 Å². The van der Waals surface area contributed by atoms with Gasteiger partial charge in [-0.1, -0.05) is 30.3 Å². The first-order valence-electron chi connectivity index (χ1n) is 10.7. The standard InChI is InChI=1S/C26H23N5O2/c1-17(2)30-16-19(8-11-24(30)32)25-22-14-21(33-23-10-9-20(27)15-28-23)12-13-31(22)29-26(25)18-6-4-3-5-7-18/h3-17H,27H2,1-2H3. The molecule has 164 valence electrons. The topological polar surface area (TPSA) is 87.4 Å². The fourth-order valence-electron chi connectivity index (χ4n) is 3.80. The SMILES string of the molecule is CC(C)n1cc(-c2c(-c3ccccc3)nn3ccc(Oc4ccc(N)cn4)cc23)ccc1=O. The first-order valence-corrected chi connectivity index (χ1v) is 10.7. The minimum Gasteiger partial charge on any atom is -0.439 e. The number of nitrogen functional groups attached to an aromatic ring is 1. The van der Waals surface area contributed by atoms with Crippen LogP contribution in [0, 0.1) is 0 Å². The van der Waals surface area contributed by atoms with Crippen LogP contribution < -0.4 is 16.0 Å². The highest BCUT2D eigenvalue weighted by Gasteiger charge is 2.18. The molecule has 0 spiro atoms. The van der Waals surface area contributed by atoms with Crippen molar-refractivity contribution >= 4 is 11.2 Å². The maximum Gasteiger partial charge on any atom is 0.250 e. The number of nitrogens with zero attached hydrogens (tertiary/aromatic N) is 4. The molecule has 0 saturated carbocycles. The Morgan fingerprint density at radius 2 is 1.79 bits per heavy atom. The van der Waals surface area contributed by atoms with E-state index in [1.165, 1.54) is 0 Å². The average molecular weight is 438 g/mol. The molecule has 0 radical (unpaired) electrons. The first kappa shape index (κ1) is 20.5. The molecule has 0 fully saturated rings. The average Bonchev–Trinajstić information content (AvgIpc) is 3.20. The molecule has 0 amide bonds. The Labute approximate surface area is 190 Å². The van der Waals surface area contributed by atoms with Crippen LogP contribution in [0.25, 0.3) is 27.9 Å². The molecule has 4 heterocycles. The Kier molecular flexibility index (Phi) is 5.14. The Morgan fingerprint density at radius 3 is 2.52 bits per heavy atom. The van der Waals surface area contributed by atoms with E-state index in [9.17, 15) is 4.79 Å². The van der Waals surface area contributed by atoms with E-state index in [1.807, 2.05) is 79.3 Å². The van der Waals surface area contributed by atoms with Crippen molar-refractivity contribution in [2.75, 3.05) is 5.73 Å². The molecule has 0 bridgehead atoms. The van der Waals surface area contributed by atoms with Crippen LogP contribution in [0.5, 0.6) is 11.6 Å². The fraction of sp³-hybridized carbons (Fsp3) is 0.115. The summed E-state index contributed by atoms with van der Waals surface area (Å²) in [6.07, 6.45) is 5.31. The summed E-state index contributed by atoms with van der Waals surface area (Å²) in [5.41, 5.74) is 10.8. The second-order valence-corrected chi connectivity index (χ2v) is 8.07. The summed E-state index contributed by atoms with van der Waals surface area (Å²) >= 11 is 0. The van der Waals surface area contributed by atoms with E-state index in [1.54, 1.807) is 29.0 Å². The lowest BCUT2D eigenvalue weighted by Gasteiger charge is -2.12. The molecule has 0 unspecified atom stereocenters. The molecule has 0 aliphatic carbocycles. The lowest BCUT2D eigenvalue weighted by atomic mass is 10.0. The van der Waals surface area contributed by atoms with Gasteiger partial charge in [-0.3, -0.25) is 4.79 Å². The molecule has 33 heavy (non-hydrogen) atoms. The van der Waals surface area contributed by atoms with Gasteiger partial charge >= 0.3 is 0 Å². The van der Waals surface area contributed by atoms with Gasteiger partial charge in [-0.15, -0.1) is 0 Å². The van der Waals surface area contributed by atoms with Gasteiger partial charge in [0.1, 0.15) is 11.4 Å². The van der Waals surface area contributed by atoms with Crippen molar-refractivity contribution in [1.29, 1.82) is 0 Å². The number of rotatable bonds is 5. The zero-order chi connectivity index (χ0) is 22.9. The predicted octanol–water partition coefficient (Wildman–Crippen LogP) is 5.18. The largest absolute Gasteiger partial charge is 0.439 e. The molecule has 7 heteroatoms. The van der Waals surface area contributed by atoms with Gasteiger partial charge in [0.2, 0.25) is 5.88 Å². The van der Waals surface area contributed by atoms with Gasteiger partial charge in [0.05, 0.1) is 17.4 Å². The number of aromatic nitrogens is 4. The van der Waals surface area contributed by atoms with E-state index in [-0.39, 0.29) is 11.6 Å². The minimum absolute atomic E-state index is 0.0370. The summed E-state index contributed by atoms with van der Waals surface area (Å²) in [6, 6.07) is 20.7. The van der Waals surface area contributed by atoms with Crippen LogP contribution in [0.2, 0.25) is 0 Å². The van der Waals surface area contributed by atoms with E-state index in [0.717, 1.165) is 27.9 Å². The molecule has 1 aromatic carbocycles. The summed E-state index contributed by atoms with van der Waals surface area (Å²) < 4.78 is 9.52. The van der Waals surface area contributed by atoms with Crippen LogP contribution in [0.4, 0.5) is 5.69 Å². The van der Waals surface area contributed by atoms with Crippen molar-refractivity contribution in [2.45, 2.75) is 19.9 Å². The molecular weight excluding hydrogens is 414 g/mol. The van der Waals surface area contributed by atoms with E-state index in [0.29, 0.717) is 17.3 Å². The highest BCUT2D eigenvalue weighted by molar-refractivity contribution is 5.92. The third-order valence-corrected chi connectivity index (χ3v) is 5.42. The predicted molar refractivity (Wildman–Crippen MR) is 129 cm³/mol. The molecule has 0 aliphatic rings. The van der Waals surface area contributed by atoms with Crippen LogP contribution in [-0.4, -0.2) is 19.2 Å². The molecule has 5 rings (SSSR count). The van der Waals surface area contributed by atoms with Crippen LogP contribution in [0.15, 0.2) is 90.1 Å². The summed E-state index contributed by atoms with van der Waals surface area (Å²) in [5, 5.41) is 4.86. The first-order chi connectivity index (χ1) is 16.0. The van der Waals surface area contributed by atoms with Gasteiger partial charge in [0.25, 0.3) is 5.56 Å². The maximum atomic E-state index is 12.4. The second-order valence-electron chi connectivity index (χ2n) is 8.07. The maximum absolute atomic E-state index is 12.4. The Bertz CT molecular complexity index is 1490. The number of anilines is 1. The molecule has 0 atom stereocenters. The Hall–Kier alpha value is -4.39. The van der Waals surface area contributed by atoms with Crippen molar-refractivity contribution in [3.8, 4) is 34.0 Å². The van der Waals surface area contributed by atoms with Crippen molar-refractivity contribution in [2.24, 2.45) is 0 Å². The van der Waals surface area contributed by atoms with E-state index in [4.69, 9.17) is 15.6 Å². The molecule has 4 aromatic heterocycles. The molecule has 0 saturated heterocycles. The lowest BCUT2D eigenvalue weighted by Crippen LogP contribution is -2.20. The van der Waals surface area contributed by atoms with Crippen molar-refractivity contribution in [1.82, 2.24) is 19.2 Å². The van der Waals surface area contributed by atoms with Crippen LogP contribution in [0.1, 0.15) is 19.9 Å². The molecule has 2 N–H and O–H groups in total. The van der Waals surface area contributed by atoms with Gasteiger partial charge in [0, 0.05) is 53.3 Å². The quantitative estimate of drug-likeness (QED) is 0.409. The number of ether oxygens (including phenoxy) is 1. The molecular formula is C26H23N5O2. The summed E-state index contributed by atoms with van der Waals surface area (Å²) in [6.45, 7) is 3.98. The van der Waals surface area contributed by atoms with Crippen LogP contribution >= 0.6 is 0 Å². The van der Waals surface area contributed by atoms with Gasteiger partial charge in [-0.05, 0) is 32.0 Å². The van der Waals surface area contributed by atoms with Crippen molar-refractivity contribution in [3.63, 3.8) is 0 Å². The van der Waals surface area contributed by atoms with Gasteiger partial charge < -0.3 is 15.0 Å². The monoisotopic (exact) mass is 437 g/mol. The smallest absolute Gasteiger partial charge is 0.250 e. The number of hydrogen-bond acceptors (Lipinski definition) is 5. The van der Waals surface area contributed by atoms with E-state index in [2.05, 4.69) is 4.98 Å². The van der Waals surface area contributed by atoms with Gasteiger partial charge in [-0.2, -0.15) is 5.10 Å². The number of pyridine rings is 3. The second kappa shape index (κ2) is 8.27. The minimum atomic E-state index is -0.0371. The number of hydrogen-bond donors (Lipinski definition) is 1. The van der Waals surface area contributed by atoms with Gasteiger partial charge in [-0.25, -0.2) is 9.50 Å². The Morgan fingerprint density at radius 1 is 0.970 bits per heavy atom. The molecule has 5 aromatic rings. The number of nitrogens with two attached hydrogens (primary N) is 1. The number of fused-ring (bicyclic) bond motifs is 1. The zero-order valence-electron chi connectivity index (χ0n) is 18.3. The third kappa shape index (κ3) is 3.96. The molecule has 7 nitrogen and oxygen atoms in total. The van der Waals surface area contributed by atoms with Gasteiger partial charge in [0.15, 0.2) is 0 Å². The molecule has 0 aliphatic heterocycles. The highest BCUT2D eigenvalue weighted by atomic mass is 16.5. The normalized spacial score (nSPS) is 11.2. The summed E-state index contributed by atoms with van der Waals surface area (Å²) in [5.74, 6) is 1.07. The van der Waals surface area contributed by atoms with Crippen LogP contribution in [-0.2, 0) is 0 Å². The fourth-order valence-corrected chi connectivity index (χ4v) is 3.80. The van der Waals surface area contributed by atoms with Crippen LogP contribution in [0.3, 0.4) is 0 Å². The Balaban J connectivity index is 1.71. The lowest BCUT2D eigenvalue weighted by molar-refractivity contribution is 0.463. The van der Waals surface area contributed by atoms with Crippen molar-refractivity contribution < 1.29 is 4.74 Å². The highest BCUT2D eigenvalue weighted by Crippen LogP contribution is 2.36. The van der Waals surface area contributed by atoms with E-state index < -0.39 is 0 Å². The number of benzene rings is 1. The van der Waals surface area contributed by atoms with E-state index >= 15 is 0 Å². The third-order valence-electron chi connectivity index (χ3n) is 5.42. The summed E-state index contributed by atoms with van der Waals surface area (Å²) in [7, 11) is 0. The summed E-state index contributed by atoms with van der Waals surface area (Å²) in [4.78, 5) is 16.6.